The molecule has 8 heteroatoms. The molecule has 3 aromatic rings. The highest BCUT2D eigenvalue weighted by Crippen LogP contribution is 2.28. The Balaban J connectivity index is 1.68. The van der Waals surface area contributed by atoms with Crippen LogP contribution in [0.3, 0.4) is 0 Å². The van der Waals surface area contributed by atoms with E-state index in [0.717, 1.165) is 5.56 Å². The Kier molecular flexibility index (Phi) is 7.64. The van der Waals surface area contributed by atoms with Gasteiger partial charge in [-0.3, -0.25) is 14.4 Å². The summed E-state index contributed by atoms with van der Waals surface area (Å²) in [6.45, 7) is 1.52. The van der Waals surface area contributed by atoms with Crippen molar-refractivity contribution < 1.29 is 28.6 Å². The largest absolute Gasteiger partial charge is 0.496 e. The minimum atomic E-state index is -0.465. The number of benzene rings is 3. The summed E-state index contributed by atoms with van der Waals surface area (Å²) in [6, 6.07) is 18.5. The van der Waals surface area contributed by atoms with E-state index < -0.39 is 5.97 Å². The first kappa shape index (κ1) is 23.3. The molecule has 0 aliphatic heterocycles. The van der Waals surface area contributed by atoms with Crippen molar-refractivity contribution >= 4 is 23.5 Å². The predicted octanol–water partition coefficient (Wildman–Crippen LogP) is 3.81. The molecule has 0 saturated carbocycles. The molecule has 0 spiro atoms. The van der Waals surface area contributed by atoms with E-state index in [2.05, 4.69) is 10.6 Å². The normalized spacial score (nSPS) is 10.2. The topological polar surface area (TPSA) is 103 Å². The lowest BCUT2D eigenvalue weighted by atomic mass is 10.1. The molecule has 0 aliphatic rings. The van der Waals surface area contributed by atoms with Gasteiger partial charge in [0, 0.05) is 24.7 Å². The van der Waals surface area contributed by atoms with E-state index in [9.17, 15) is 14.4 Å². The number of hydrogen-bond acceptors (Lipinski definition) is 6. The Morgan fingerprint density at radius 1 is 0.818 bits per heavy atom. The van der Waals surface area contributed by atoms with E-state index in [0.29, 0.717) is 34.1 Å². The summed E-state index contributed by atoms with van der Waals surface area (Å²) in [4.78, 5) is 36.5. The van der Waals surface area contributed by atoms with Gasteiger partial charge >= 0.3 is 5.97 Å². The summed E-state index contributed by atoms with van der Waals surface area (Å²) in [5, 5.41) is 5.65. The number of esters is 1. The highest BCUT2D eigenvalue weighted by molar-refractivity contribution is 6.04. The first-order chi connectivity index (χ1) is 15.9. The van der Waals surface area contributed by atoms with E-state index in [1.165, 1.54) is 27.2 Å². The van der Waals surface area contributed by atoms with Crippen LogP contribution in [0.2, 0.25) is 0 Å². The summed E-state index contributed by atoms with van der Waals surface area (Å²) in [7, 11) is 2.97. The first-order valence-electron chi connectivity index (χ1n) is 10.1. The maximum Gasteiger partial charge on any atom is 0.308 e. The average molecular weight is 448 g/mol. The maximum absolute atomic E-state index is 12.8. The molecule has 0 atom stereocenters. The first-order valence-corrected chi connectivity index (χ1v) is 10.1. The Labute approximate surface area is 191 Å². The standard InChI is InChI=1S/C25H24N2O6/c1-16(28)33-20-10-5-8-18(14-20)24(29)27-19-9-4-7-17(13-19)15-26-25(30)23-21(31-2)11-6-12-22(23)32-3/h4-14H,15H2,1-3H3,(H,26,30)(H,27,29). The van der Waals surface area contributed by atoms with E-state index in [-0.39, 0.29) is 18.4 Å². The molecule has 33 heavy (non-hydrogen) atoms. The van der Waals surface area contributed by atoms with Gasteiger partial charge in [0.2, 0.25) is 0 Å². The van der Waals surface area contributed by atoms with E-state index in [4.69, 9.17) is 14.2 Å². The zero-order valence-electron chi connectivity index (χ0n) is 18.5. The van der Waals surface area contributed by atoms with Crippen LogP contribution in [-0.4, -0.2) is 32.0 Å². The summed E-state index contributed by atoms with van der Waals surface area (Å²) < 4.78 is 15.6. The second-order valence-electron chi connectivity index (χ2n) is 7.00. The molecule has 0 aliphatic carbocycles. The van der Waals surface area contributed by atoms with Crippen LogP contribution in [0.5, 0.6) is 17.2 Å². The highest BCUT2D eigenvalue weighted by atomic mass is 16.5. The third-order valence-corrected chi connectivity index (χ3v) is 4.65. The number of amides is 2. The molecule has 0 aromatic heterocycles. The molecule has 8 nitrogen and oxygen atoms in total. The number of carbonyl (C=O) groups is 3. The van der Waals surface area contributed by atoms with Crippen molar-refractivity contribution in [3.8, 4) is 17.2 Å². The summed E-state index contributed by atoms with van der Waals surface area (Å²) in [5.41, 5.74) is 1.98. The summed E-state index contributed by atoms with van der Waals surface area (Å²) >= 11 is 0. The lowest BCUT2D eigenvalue weighted by Gasteiger charge is -2.13. The molecule has 0 heterocycles. The van der Waals surface area contributed by atoms with Gasteiger partial charge in [-0.05, 0) is 48.0 Å². The van der Waals surface area contributed by atoms with Crippen molar-refractivity contribution in [1.82, 2.24) is 5.32 Å². The minimum absolute atomic E-state index is 0.228. The predicted molar refractivity (Wildman–Crippen MR) is 123 cm³/mol. The Bertz CT molecular complexity index is 1150. The van der Waals surface area contributed by atoms with Gasteiger partial charge in [-0.1, -0.05) is 24.3 Å². The average Bonchev–Trinajstić information content (AvgIpc) is 2.82. The minimum Gasteiger partial charge on any atom is -0.496 e. The van der Waals surface area contributed by atoms with Crippen LogP contribution in [0.25, 0.3) is 0 Å². The van der Waals surface area contributed by atoms with Crippen molar-refractivity contribution in [3.63, 3.8) is 0 Å². The Morgan fingerprint density at radius 2 is 1.48 bits per heavy atom. The third kappa shape index (κ3) is 6.10. The van der Waals surface area contributed by atoms with Crippen molar-refractivity contribution in [2.45, 2.75) is 13.5 Å². The molecule has 3 rings (SSSR count). The molecular weight excluding hydrogens is 424 g/mol. The van der Waals surface area contributed by atoms with Crippen LogP contribution in [0, 0.1) is 0 Å². The zero-order valence-corrected chi connectivity index (χ0v) is 18.5. The number of methoxy groups -OCH3 is 2. The maximum atomic E-state index is 12.8. The molecule has 0 bridgehead atoms. The van der Waals surface area contributed by atoms with Gasteiger partial charge in [0.05, 0.1) is 14.2 Å². The molecule has 0 unspecified atom stereocenters. The molecule has 3 aromatic carbocycles. The van der Waals surface area contributed by atoms with Crippen LogP contribution >= 0.6 is 0 Å². The Hall–Kier alpha value is -4.33. The molecule has 0 radical (unpaired) electrons. The molecule has 2 N–H and O–H groups in total. The van der Waals surface area contributed by atoms with Crippen LogP contribution in [0.15, 0.2) is 66.7 Å². The number of anilines is 1. The summed E-state index contributed by atoms with van der Waals surface area (Å²) in [6.07, 6.45) is 0. The molecule has 0 saturated heterocycles. The van der Waals surface area contributed by atoms with Crippen LogP contribution in [-0.2, 0) is 11.3 Å². The smallest absolute Gasteiger partial charge is 0.308 e. The van der Waals surface area contributed by atoms with E-state index in [1.54, 1.807) is 54.6 Å². The van der Waals surface area contributed by atoms with Gasteiger partial charge < -0.3 is 24.8 Å². The number of ether oxygens (including phenoxy) is 3. The monoisotopic (exact) mass is 448 g/mol. The number of carbonyl (C=O) groups excluding carboxylic acids is 3. The van der Waals surface area contributed by atoms with Crippen LogP contribution < -0.4 is 24.8 Å². The third-order valence-electron chi connectivity index (χ3n) is 4.65. The van der Waals surface area contributed by atoms with Crippen molar-refractivity contribution in [3.05, 3.63) is 83.4 Å². The lowest BCUT2D eigenvalue weighted by Crippen LogP contribution is -2.24. The lowest BCUT2D eigenvalue weighted by molar-refractivity contribution is -0.131. The fraction of sp³-hybridized carbons (Fsp3) is 0.160. The fourth-order valence-corrected chi connectivity index (χ4v) is 3.17. The second kappa shape index (κ2) is 10.8. The van der Waals surface area contributed by atoms with Crippen LogP contribution in [0.1, 0.15) is 33.2 Å². The van der Waals surface area contributed by atoms with Crippen molar-refractivity contribution in [2.24, 2.45) is 0 Å². The van der Waals surface area contributed by atoms with Gasteiger partial charge in [0.15, 0.2) is 0 Å². The van der Waals surface area contributed by atoms with E-state index in [1.807, 2.05) is 6.07 Å². The Morgan fingerprint density at radius 3 is 2.15 bits per heavy atom. The van der Waals surface area contributed by atoms with Crippen molar-refractivity contribution in [1.29, 1.82) is 0 Å². The fourth-order valence-electron chi connectivity index (χ4n) is 3.17. The molecule has 0 fully saturated rings. The van der Waals surface area contributed by atoms with E-state index >= 15 is 0 Å². The van der Waals surface area contributed by atoms with Gasteiger partial charge in [0.1, 0.15) is 22.8 Å². The number of nitrogens with one attached hydrogen (secondary N) is 2. The van der Waals surface area contributed by atoms with Gasteiger partial charge in [-0.2, -0.15) is 0 Å². The SMILES string of the molecule is COc1cccc(OC)c1C(=O)NCc1cccc(NC(=O)c2cccc(OC(C)=O)c2)c1. The molecule has 2 amide bonds. The highest BCUT2D eigenvalue weighted by Gasteiger charge is 2.18. The van der Waals surface area contributed by atoms with Crippen LogP contribution in [0.4, 0.5) is 5.69 Å². The summed E-state index contributed by atoms with van der Waals surface area (Å²) in [5.74, 6) is -0.0657. The second-order valence-corrected chi connectivity index (χ2v) is 7.00. The van der Waals surface area contributed by atoms with Gasteiger partial charge in [-0.25, -0.2) is 0 Å². The molecule has 170 valence electrons. The number of rotatable bonds is 8. The van der Waals surface area contributed by atoms with Gasteiger partial charge in [-0.15, -0.1) is 0 Å². The zero-order chi connectivity index (χ0) is 23.8. The van der Waals surface area contributed by atoms with Gasteiger partial charge in [0.25, 0.3) is 11.8 Å². The quantitative estimate of drug-likeness (QED) is 0.401. The van der Waals surface area contributed by atoms with Crippen molar-refractivity contribution in [2.75, 3.05) is 19.5 Å². The number of hydrogen-bond donors (Lipinski definition) is 2. The molecular formula is C25H24N2O6.